The number of anilines is 1. The second-order valence-electron chi connectivity index (χ2n) is 9.38. The number of amides is 1. The van der Waals surface area contributed by atoms with Crippen molar-refractivity contribution in [1.29, 1.82) is 0 Å². The summed E-state index contributed by atoms with van der Waals surface area (Å²) in [5.74, 6) is -0.203. The second-order valence-corrected chi connectivity index (χ2v) is 9.38. The van der Waals surface area contributed by atoms with Gasteiger partial charge in [0.2, 0.25) is 0 Å². The van der Waals surface area contributed by atoms with Gasteiger partial charge in [0.15, 0.2) is 5.65 Å². The predicted molar refractivity (Wildman–Crippen MR) is 143 cm³/mol. The van der Waals surface area contributed by atoms with Crippen molar-refractivity contribution in [2.75, 3.05) is 31.1 Å². The zero-order chi connectivity index (χ0) is 27.0. The molecule has 1 amide bonds. The average molecular weight is 528 g/mol. The number of aromatic nitrogens is 3. The van der Waals surface area contributed by atoms with E-state index < -0.39 is 11.7 Å². The summed E-state index contributed by atoms with van der Waals surface area (Å²) in [6, 6.07) is 26.8. The number of hydrogen-bond acceptors (Lipinski definition) is 4. The Balaban J connectivity index is 1.30. The van der Waals surface area contributed by atoms with Gasteiger partial charge in [-0.1, -0.05) is 66.7 Å². The molecule has 0 bridgehead atoms. The standard InChI is InChI=1S/C30H24F3N5O/c31-30(32,33)23-12-7-13-24(18-23)36-14-16-37(17-15-36)29(39)25-20-34-38-27(22-10-5-2-6-11-22)19-26(35-28(25)38)21-8-3-1-4-9-21/h1-13,18-20H,14-17H2. The van der Waals surface area contributed by atoms with Gasteiger partial charge in [-0.25, -0.2) is 9.50 Å². The molecule has 0 atom stereocenters. The Morgan fingerprint density at radius 3 is 2.10 bits per heavy atom. The smallest absolute Gasteiger partial charge is 0.368 e. The summed E-state index contributed by atoms with van der Waals surface area (Å²) in [4.78, 5) is 22.1. The minimum atomic E-state index is -4.40. The van der Waals surface area contributed by atoms with Crippen LogP contribution in [0.1, 0.15) is 15.9 Å². The molecule has 1 aliphatic rings. The maximum atomic E-state index is 13.7. The fourth-order valence-corrected chi connectivity index (χ4v) is 4.90. The molecule has 3 aromatic carbocycles. The molecule has 0 saturated carbocycles. The Morgan fingerprint density at radius 2 is 1.44 bits per heavy atom. The number of rotatable bonds is 4. The van der Waals surface area contributed by atoms with Gasteiger partial charge in [-0.2, -0.15) is 18.3 Å². The Labute approximate surface area is 222 Å². The van der Waals surface area contributed by atoms with E-state index >= 15 is 0 Å². The van der Waals surface area contributed by atoms with Crippen LogP contribution < -0.4 is 4.90 Å². The molecule has 0 N–H and O–H groups in total. The lowest BCUT2D eigenvalue weighted by molar-refractivity contribution is -0.137. The van der Waals surface area contributed by atoms with Gasteiger partial charge in [0.25, 0.3) is 5.91 Å². The maximum absolute atomic E-state index is 13.7. The van der Waals surface area contributed by atoms with Gasteiger partial charge >= 0.3 is 6.18 Å². The van der Waals surface area contributed by atoms with E-state index in [1.807, 2.05) is 71.6 Å². The lowest BCUT2D eigenvalue weighted by atomic mass is 10.1. The van der Waals surface area contributed by atoms with Gasteiger partial charge < -0.3 is 9.80 Å². The maximum Gasteiger partial charge on any atom is 0.416 e. The van der Waals surface area contributed by atoms with Gasteiger partial charge in [0.05, 0.1) is 23.1 Å². The number of piperazine rings is 1. The number of carbonyl (C=O) groups excluding carboxylic acids is 1. The molecule has 39 heavy (non-hydrogen) atoms. The predicted octanol–water partition coefficient (Wildman–Crippen LogP) is 6.04. The van der Waals surface area contributed by atoms with E-state index in [1.54, 1.807) is 21.7 Å². The van der Waals surface area contributed by atoms with Crippen molar-refractivity contribution >= 4 is 17.2 Å². The van der Waals surface area contributed by atoms with Crippen LogP contribution >= 0.6 is 0 Å². The van der Waals surface area contributed by atoms with Crippen LogP contribution in [0.4, 0.5) is 18.9 Å². The van der Waals surface area contributed by atoms with Crippen molar-refractivity contribution in [2.24, 2.45) is 0 Å². The first-order valence-electron chi connectivity index (χ1n) is 12.6. The molecule has 0 aliphatic carbocycles. The average Bonchev–Trinajstić information content (AvgIpc) is 3.41. The molecule has 5 aromatic rings. The second kappa shape index (κ2) is 9.90. The molecule has 9 heteroatoms. The van der Waals surface area contributed by atoms with E-state index in [2.05, 4.69) is 5.10 Å². The van der Waals surface area contributed by atoms with E-state index in [4.69, 9.17) is 4.98 Å². The van der Waals surface area contributed by atoms with Gasteiger partial charge in [-0.3, -0.25) is 4.79 Å². The monoisotopic (exact) mass is 527 g/mol. The van der Waals surface area contributed by atoms with Crippen molar-refractivity contribution in [3.8, 4) is 22.5 Å². The third-order valence-corrected chi connectivity index (χ3v) is 6.95. The van der Waals surface area contributed by atoms with Crippen molar-refractivity contribution in [3.63, 3.8) is 0 Å². The van der Waals surface area contributed by atoms with Crippen LogP contribution in [-0.4, -0.2) is 51.6 Å². The van der Waals surface area contributed by atoms with Crippen LogP contribution in [-0.2, 0) is 6.18 Å². The molecular weight excluding hydrogens is 503 g/mol. The summed E-state index contributed by atoms with van der Waals surface area (Å²) >= 11 is 0. The van der Waals surface area contributed by atoms with Crippen molar-refractivity contribution in [1.82, 2.24) is 19.5 Å². The third kappa shape index (κ3) is 4.83. The van der Waals surface area contributed by atoms with Crippen molar-refractivity contribution in [3.05, 3.63) is 108 Å². The molecule has 1 fully saturated rings. The van der Waals surface area contributed by atoms with Crippen LogP contribution in [0.3, 0.4) is 0 Å². The fraction of sp³-hybridized carbons (Fsp3) is 0.167. The van der Waals surface area contributed by atoms with Gasteiger partial charge in [0.1, 0.15) is 5.56 Å². The van der Waals surface area contributed by atoms with Crippen LogP contribution in [0.5, 0.6) is 0 Å². The largest absolute Gasteiger partial charge is 0.416 e. The van der Waals surface area contributed by atoms with Crippen LogP contribution in [0, 0.1) is 0 Å². The summed E-state index contributed by atoms with van der Waals surface area (Å²) in [7, 11) is 0. The Bertz CT molecular complexity index is 1630. The molecule has 3 heterocycles. The molecule has 2 aromatic heterocycles. The highest BCUT2D eigenvalue weighted by atomic mass is 19.4. The van der Waals surface area contributed by atoms with E-state index in [9.17, 15) is 18.0 Å². The van der Waals surface area contributed by atoms with E-state index in [0.717, 1.165) is 34.6 Å². The zero-order valence-electron chi connectivity index (χ0n) is 20.8. The quantitative estimate of drug-likeness (QED) is 0.286. The van der Waals surface area contributed by atoms with Crippen molar-refractivity contribution < 1.29 is 18.0 Å². The van der Waals surface area contributed by atoms with Crippen LogP contribution in [0.25, 0.3) is 28.2 Å². The first kappa shape index (κ1) is 24.7. The summed E-state index contributed by atoms with van der Waals surface area (Å²) in [6.07, 6.45) is -2.85. The summed E-state index contributed by atoms with van der Waals surface area (Å²) in [5.41, 5.74) is 4.07. The fourth-order valence-electron chi connectivity index (χ4n) is 4.90. The summed E-state index contributed by atoms with van der Waals surface area (Å²) in [6.45, 7) is 1.58. The Morgan fingerprint density at radius 1 is 0.769 bits per heavy atom. The highest BCUT2D eigenvalue weighted by Gasteiger charge is 2.32. The SMILES string of the molecule is O=C(c1cnn2c(-c3ccccc3)cc(-c3ccccc3)nc12)N1CCN(c2cccc(C(F)(F)F)c2)CC1. The molecule has 0 radical (unpaired) electrons. The minimum Gasteiger partial charge on any atom is -0.368 e. The molecule has 1 aliphatic heterocycles. The molecule has 196 valence electrons. The number of fused-ring (bicyclic) bond motifs is 1. The molecule has 0 spiro atoms. The molecule has 6 rings (SSSR count). The molecular formula is C30H24F3N5O. The zero-order valence-corrected chi connectivity index (χ0v) is 20.8. The number of alkyl halides is 3. The summed E-state index contributed by atoms with van der Waals surface area (Å²) < 4.78 is 41.2. The van der Waals surface area contributed by atoms with E-state index in [0.29, 0.717) is 43.1 Å². The van der Waals surface area contributed by atoms with Gasteiger partial charge in [-0.05, 0) is 24.3 Å². The highest BCUT2D eigenvalue weighted by Crippen LogP contribution is 2.32. The van der Waals surface area contributed by atoms with Gasteiger partial charge in [0, 0.05) is 43.0 Å². The Hall–Kier alpha value is -4.66. The van der Waals surface area contributed by atoms with Gasteiger partial charge in [-0.15, -0.1) is 0 Å². The number of nitrogens with zero attached hydrogens (tertiary/aromatic N) is 5. The minimum absolute atomic E-state index is 0.203. The topological polar surface area (TPSA) is 53.7 Å². The lowest BCUT2D eigenvalue weighted by Crippen LogP contribution is -2.48. The third-order valence-electron chi connectivity index (χ3n) is 6.95. The number of benzene rings is 3. The lowest BCUT2D eigenvalue weighted by Gasteiger charge is -2.36. The first-order valence-corrected chi connectivity index (χ1v) is 12.6. The van der Waals surface area contributed by atoms with Crippen LogP contribution in [0.15, 0.2) is 97.2 Å². The van der Waals surface area contributed by atoms with E-state index in [1.165, 1.54) is 6.07 Å². The normalized spacial score (nSPS) is 14.1. The number of halogens is 3. The molecule has 6 nitrogen and oxygen atoms in total. The molecule has 0 unspecified atom stereocenters. The first-order chi connectivity index (χ1) is 18.9. The van der Waals surface area contributed by atoms with E-state index in [-0.39, 0.29) is 5.91 Å². The van der Waals surface area contributed by atoms with Crippen LogP contribution in [0.2, 0.25) is 0 Å². The molecule has 1 saturated heterocycles. The highest BCUT2D eigenvalue weighted by molar-refractivity contribution is 6.00. The summed E-state index contributed by atoms with van der Waals surface area (Å²) in [5, 5.41) is 4.53. The number of hydrogen-bond donors (Lipinski definition) is 0. The Kier molecular flexibility index (Phi) is 6.26. The van der Waals surface area contributed by atoms with Crippen molar-refractivity contribution in [2.45, 2.75) is 6.18 Å². The number of carbonyl (C=O) groups is 1.